The number of nitrogens with one attached hydrogen (secondary N) is 3. The highest BCUT2D eigenvalue weighted by molar-refractivity contribution is 6.33. The summed E-state index contributed by atoms with van der Waals surface area (Å²) < 4.78 is 19.3. The average molecular weight is 613 g/mol. The number of aromatic nitrogens is 2. The average Bonchev–Trinajstić information content (AvgIpc) is 3.51. The number of methoxy groups -OCH3 is 1. The normalized spacial score (nSPS) is 16.6. The van der Waals surface area contributed by atoms with Gasteiger partial charge in [-0.25, -0.2) is 9.37 Å². The summed E-state index contributed by atoms with van der Waals surface area (Å²) >= 11 is 6.14. The molecule has 0 aliphatic carbocycles. The number of benzene rings is 2. The van der Waals surface area contributed by atoms with Gasteiger partial charge in [0.05, 0.1) is 24.0 Å². The number of ether oxygens (including phenoxy) is 1. The van der Waals surface area contributed by atoms with E-state index in [2.05, 4.69) is 20.6 Å². The minimum Gasteiger partial charge on any atom is -0.494 e. The lowest BCUT2D eigenvalue weighted by Gasteiger charge is -2.40. The van der Waals surface area contributed by atoms with Crippen LogP contribution in [-0.4, -0.2) is 94.6 Å². The maximum absolute atomic E-state index is 14.3. The Balaban J connectivity index is 1.16. The van der Waals surface area contributed by atoms with Gasteiger partial charge in [0.1, 0.15) is 5.60 Å². The van der Waals surface area contributed by atoms with Crippen molar-refractivity contribution < 1.29 is 28.6 Å². The first kappa shape index (κ1) is 30.5. The molecule has 2 saturated heterocycles. The summed E-state index contributed by atoms with van der Waals surface area (Å²) in [5.41, 5.74) is 1.49. The SMILES string of the molecule is COc1ccc(-c2cnc(C(=O)NCc3ccc(C(=O)N4CCN(C(=O)C5(O)CCNCC5)CC4)c(C)c3)[nH]2)c(Cl)c1F. The molecule has 13 heteroatoms. The van der Waals surface area contributed by atoms with E-state index in [9.17, 15) is 23.9 Å². The number of amides is 3. The van der Waals surface area contributed by atoms with E-state index in [1.54, 1.807) is 28.0 Å². The van der Waals surface area contributed by atoms with Crippen LogP contribution in [0.2, 0.25) is 5.02 Å². The second kappa shape index (κ2) is 12.7. The molecule has 43 heavy (non-hydrogen) atoms. The van der Waals surface area contributed by atoms with Crippen molar-refractivity contribution in [2.45, 2.75) is 31.9 Å². The van der Waals surface area contributed by atoms with Crippen LogP contribution in [0.25, 0.3) is 11.3 Å². The summed E-state index contributed by atoms with van der Waals surface area (Å²) in [6, 6.07) is 8.37. The molecule has 3 aromatic rings. The third-order valence-corrected chi connectivity index (χ3v) is 8.37. The van der Waals surface area contributed by atoms with E-state index in [1.807, 2.05) is 13.0 Å². The quantitative estimate of drug-likeness (QED) is 0.321. The van der Waals surface area contributed by atoms with Crippen LogP contribution in [0, 0.1) is 12.7 Å². The van der Waals surface area contributed by atoms with Crippen LogP contribution in [-0.2, 0) is 11.3 Å². The number of halogens is 2. The number of hydrogen-bond donors (Lipinski definition) is 4. The van der Waals surface area contributed by atoms with E-state index in [1.165, 1.54) is 19.4 Å². The predicted molar refractivity (Wildman–Crippen MR) is 157 cm³/mol. The standard InChI is InChI=1S/C30H34ClFN6O5/c1-18-15-19(16-35-27(39)26-34-17-22(36-26)21-5-6-23(43-2)25(32)24(21)31)3-4-20(18)28(40)37-11-13-38(14-12-37)29(41)30(42)7-9-33-10-8-30/h3-6,15,17,33,42H,7-14,16H2,1-2H3,(H,34,36)(H,35,39). The number of carbonyl (C=O) groups excluding carboxylic acids is 3. The first-order valence-corrected chi connectivity index (χ1v) is 14.5. The van der Waals surface area contributed by atoms with Gasteiger partial charge in [-0.2, -0.15) is 0 Å². The Morgan fingerprint density at radius 1 is 1.12 bits per heavy atom. The third-order valence-electron chi connectivity index (χ3n) is 8.01. The molecule has 0 spiro atoms. The lowest BCUT2D eigenvalue weighted by molar-refractivity contribution is -0.155. The molecule has 5 rings (SSSR count). The van der Waals surface area contributed by atoms with E-state index >= 15 is 0 Å². The lowest BCUT2D eigenvalue weighted by atomic mass is 9.90. The number of aromatic amines is 1. The molecule has 0 bridgehead atoms. The van der Waals surface area contributed by atoms with Crippen LogP contribution in [0.15, 0.2) is 36.5 Å². The first-order valence-electron chi connectivity index (χ1n) is 14.1. The van der Waals surface area contributed by atoms with Crippen molar-refractivity contribution in [2.75, 3.05) is 46.4 Å². The molecule has 0 radical (unpaired) electrons. The van der Waals surface area contributed by atoms with Crippen LogP contribution in [0.3, 0.4) is 0 Å². The minimum atomic E-state index is -1.33. The summed E-state index contributed by atoms with van der Waals surface area (Å²) in [6.07, 6.45) is 2.18. The predicted octanol–water partition coefficient (Wildman–Crippen LogP) is 2.52. The Morgan fingerprint density at radius 2 is 1.81 bits per heavy atom. The molecule has 1 aromatic heterocycles. The monoisotopic (exact) mass is 612 g/mol. The second-order valence-electron chi connectivity index (χ2n) is 10.8. The van der Waals surface area contributed by atoms with Gasteiger partial charge in [0, 0.05) is 43.9 Å². The fourth-order valence-corrected chi connectivity index (χ4v) is 5.70. The van der Waals surface area contributed by atoms with Crippen molar-refractivity contribution in [3.05, 3.63) is 69.9 Å². The van der Waals surface area contributed by atoms with E-state index in [0.29, 0.717) is 68.9 Å². The van der Waals surface area contributed by atoms with Crippen LogP contribution in [0.5, 0.6) is 5.75 Å². The Bertz CT molecular complexity index is 1530. The number of piperidine rings is 1. The van der Waals surface area contributed by atoms with E-state index in [-0.39, 0.29) is 35.0 Å². The number of rotatable bonds is 7. The van der Waals surface area contributed by atoms with Crippen molar-refractivity contribution in [3.8, 4) is 17.0 Å². The zero-order chi connectivity index (χ0) is 30.7. The molecule has 3 amide bonds. The van der Waals surface area contributed by atoms with Crippen LogP contribution in [0.1, 0.15) is 44.9 Å². The third kappa shape index (κ3) is 6.36. The van der Waals surface area contributed by atoms with Crippen LogP contribution >= 0.6 is 11.6 Å². The maximum atomic E-state index is 14.3. The molecule has 2 aliphatic rings. The molecule has 2 fully saturated rings. The molecule has 0 atom stereocenters. The van der Waals surface area contributed by atoms with Gasteiger partial charge >= 0.3 is 0 Å². The maximum Gasteiger partial charge on any atom is 0.287 e. The van der Waals surface area contributed by atoms with E-state index in [0.717, 1.165) is 11.1 Å². The molecular weight excluding hydrogens is 579 g/mol. The summed E-state index contributed by atoms with van der Waals surface area (Å²) in [7, 11) is 1.34. The summed E-state index contributed by atoms with van der Waals surface area (Å²) in [6.45, 7) is 4.75. The number of aliphatic hydroxyl groups is 1. The van der Waals surface area contributed by atoms with Crippen molar-refractivity contribution >= 4 is 29.3 Å². The van der Waals surface area contributed by atoms with Crippen molar-refractivity contribution in [1.29, 1.82) is 0 Å². The largest absolute Gasteiger partial charge is 0.494 e. The Kier molecular flexibility index (Phi) is 9.00. The van der Waals surface area contributed by atoms with Crippen molar-refractivity contribution in [2.24, 2.45) is 0 Å². The molecule has 2 aliphatic heterocycles. The lowest BCUT2D eigenvalue weighted by Crippen LogP contribution is -2.59. The molecule has 4 N–H and O–H groups in total. The fourth-order valence-electron chi connectivity index (χ4n) is 5.44. The van der Waals surface area contributed by atoms with Gasteiger partial charge < -0.3 is 35.3 Å². The number of nitrogens with zero attached hydrogens (tertiary/aromatic N) is 3. The minimum absolute atomic E-state index is 0.0110. The number of aryl methyl sites for hydroxylation is 1. The van der Waals surface area contributed by atoms with Gasteiger partial charge in [-0.3, -0.25) is 14.4 Å². The number of H-pyrrole nitrogens is 1. The van der Waals surface area contributed by atoms with Gasteiger partial charge in [0.2, 0.25) is 0 Å². The highest BCUT2D eigenvalue weighted by atomic mass is 35.5. The van der Waals surface area contributed by atoms with Gasteiger partial charge in [0.15, 0.2) is 17.4 Å². The van der Waals surface area contributed by atoms with Crippen molar-refractivity contribution in [1.82, 2.24) is 30.4 Å². The van der Waals surface area contributed by atoms with Gasteiger partial charge in [-0.05, 0) is 62.2 Å². The summed E-state index contributed by atoms with van der Waals surface area (Å²) in [5, 5.41) is 16.6. The fraction of sp³-hybridized carbons (Fsp3) is 0.400. The van der Waals surface area contributed by atoms with Crippen LogP contribution < -0.4 is 15.4 Å². The highest BCUT2D eigenvalue weighted by Crippen LogP contribution is 2.34. The smallest absolute Gasteiger partial charge is 0.287 e. The Morgan fingerprint density at radius 3 is 2.49 bits per heavy atom. The molecule has 0 unspecified atom stereocenters. The summed E-state index contributed by atoms with van der Waals surface area (Å²) in [5.74, 6) is -1.50. The Labute approximate surface area is 253 Å². The van der Waals surface area contributed by atoms with E-state index < -0.39 is 17.3 Å². The van der Waals surface area contributed by atoms with Gasteiger partial charge in [0.25, 0.3) is 17.7 Å². The molecule has 228 valence electrons. The highest BCUT2D eigenvalue weighted by Gasteiger charge is 2.41. The second-order valence-corrected chi connectivity index (χ2v) is 11.2. The topological polar surface area (TPSA) is 140 Å². The zero-order valence-electron chi connectivity index (χ0n) is 24.0. The molecule has 11 nitrogen and oxygen atoms in total. The van der Waals surface area contributed by atoms with Crippen molar-refractivity contribution in [3.63, 3.8) is 0 Å². The number of carbonyl (C=O) groups is 3. The molecular formula is C30H34ClFN6O5. The van der Waals surface area contributed by atoms with Crippen LogP contribution in [0.4, 0.5) is 4.39 Å². The van der Waals surface area contributed by atoms with Gasteiger partial charge in [-0.15, -0.1) is 0 Å². The molecule has 3 heterocycles. The first-order chi connectivity index (χ1) is 20.6. The molecule has 2 aromatic carbocycles. The number of hydrogen-bond acceptors (Lipinski definition) is 7. The van der Waals surface area contributed by atoms with E-state index in [4.69, 9.17) is 16.3 Å². The number of piperazine rings is 1. The molecule has 0 saturated carbocycles. The Hall–Kier alpha value is -4.00. The van der Waals surface area contributed by atoms with Gasteiger partial charge in [-0.1, -0.05) is 23.7 Å². The summed E-state index contributed by atoms with van der Waals surface area (Å²) in [4.78, 5) is 49.3. The number of imidazole rings is 1. The zero-order valence-corrected chi connectivity index (χ0v) is 24.8.